The molecule has 1 amide bonds. The fourth-order valence-electron chi connectivity index (χ4n) is 2.14. The van der Waals surface area contributed by atoms with Crippen LogP contribution in [0, 0.1) is 12.8 Å². The normalized spacial score (nSPS) is 12.6. The van der Waals surface area contributed by atoms with Crippen molar-refractivity contribution in [2.24, 2.45) is 5.92 Å². The highest BCUT2D eigenvalue weighted by Gasteiger charge is 2.16. The lowest BCUT2D eigenvalue weighted by molar-refractivity contribution is -0.131. The van der Waals surface area contributed by atoms with Crippen LogP contribution in [0.4, 0.5) is 0 Å². The van der Waals surface area contributed by atoms with Gasteiger partial charge in [0.2, 0.25) is 0 Å². The van der Waals surface area contributed by atoms with Gasteiger partial charge in [0.15, 0.2) is 0 Å². The van der Waals surface area contributed by atoms with Crippen LogP contribution in [0.3, 0.4) is 0 Å². The van der Waals surface area contributed by atoms with Crippen LogP contribution >= 0.6 is 0 Å². The minimum absolute atomic E-state index is 0.112. The topological polar surface area (TPSA) is 66.4 Å². The Labute approximate surface area is 125 Å². The van der Waals surface area contributed by atoms with Crippen LogP contribution in [0.15, 0.2) is 24.3 Å². The molecule has 1 aromatic rings. The van der Waals surface area contributed by atoms with Crippen molar-refractivity contribution in [1.82, 2.24) is 5.32 Å². The highest BCUT2D eigenvalue weighted by atomic mass is 16.4. The molecule has 0 heterocycles. The van der Waals surface area contributed by atoms with Crippen LogP contribution < -0.4 is 5.32 Å². The van der Waals surface area contributed by atoms with Gasteiger partial charge in [-0.1, -0.05) is 32.9 Å². The molecule has 1 rings (SSSR count). The molecule has 4 nitrogen and oxygen atoms in total. The molecule has 0 radical (unpaired) electrons. The summed E-state index contributed by atoms with van der Waals surface area (Å²) < 4.78 is 0. The van der Waals surface area contributed by atoms with E-state index in [2.05, 4.69) is 19.2 Å². The van der Waals surface area contributed by atoms with E-state index in [1.165, 1.54) is 6.08 Å². The van der Waals surface area contributed by atoms with Crippen molar-refractivity contribution in [3.63, 3.8) is 0 Å². The van der Waals surface area contributed by atoms with Gasteiger partial charge in [0.1, 0.15) is 0 Å². The third kappa shape index (κ3) is 5.06. The summed E-state index contributed by atoms with van der Waals surface area (Å²) in [7, 11) is 0. The quantitative estimate of drug-likeness (QED) is 0.790. The summed E-state index contributed by atoms with van der Waals surface area (Å²) in [4.78, 5) is 22.9. The Morgan fingerprint density at radius 1 is 1.33 bits per heavy atom. The second kappa shape index (κ2) is 7.62. The summed E-state index contributed by atoms with van der Waals surface area (Å²) in [6, 6.07) is 5.48. The molecule has 1 atom stereocenters. The first-order valence-electron chi connectivity index (χ1n) is 7.17. The van der Waals surface area contributed by atoms with Crippen LogP contribution in [0.1, 0.15) is 48.7 Å². The second-order valence-electron chi connectivity index (χ2n) is 5.48. The molecule has 0 saturated carbocycles. The molecule has 1 aromatic carbocycles. The zero-order valence-electron chi connectivity index (χ0n) is 13.0. The molecule has 0 spiro atoms. The van der Waals surface area contributed by atoms with E-state index in [4.69, 9.17) is 5.11 Å². The summed E-state index contributed by atoms with van der Waals surface area (Å²) in [6.07, 6.45) is 3.43. The second-order valence-corrected chi connectivity index (χ2v) is 5.48. The number of aryl methyl sites for hydroxylation is 1. The fraction of sp³-hybridized carbons (Fsp3) is 0.412. The molecule has 0 fully saturated rings. The molecule has 0 aromatic heterocycles. The van der Waals surface area contributed by atoms with Gasteiger partial charge >= 0.3 is 5.97 Å². The van der Waals surface area contributed by atoms with Crippen molar-refractivity contribution in [3.05, 3.63) is 41.0 Å². The van der Waals surface area contributed by atoms with Gasteiger partial charge in [-0.2, -0.15) is 0 Å². The third-order valence-electron chi connectivity index (χ3n) is 3.49. The molecule has 0 aliphatic rings. The number of rotatable bonds is 6. The van der Waals surface area contributed by atoms with E-state index < -0.39 is 5.97 Å². The summed E-state index contributed by atoms with van der Waals surface area (Å²) in [5.74, 6) is -0.750. The number of benzene rings is 1. The number of hydrogen-bond acceptors (Lipinski definition) is 2. The number of hydrogen-bond donors (Lipinski definition) is 2. The molecule has 4 heteroatoms. The van der Waals surface area contributed by atoms with Crippen LogP contribution in [0.25, 0.3) is 6.08 Å². The van der Waals surface area contributed by atoms with E-state index in [-0.39, 0.29) is 11.9 Å². The Kier molecular flexibility index (Phi) is 6.15. The number of carboxylic acids is 1. The van der Waals surface area contributed by atoms with Crippen LogP contribution in [-0.2, 0) is 4.79 Å². The molecular weight excluding hydrogens is 266 g/mol. The first kappa shape index (κ1) is 17.0. The first-order chi connectivity index (χ1) is 9.85. The van der Waals surface area contributed by atoms with Crippen molar-refractivity contribution in [1.29, 1.82) is 0 Å². The van der Waals surface area contributed by atoms with Gasteiger partial charge in [-0.25, -0.2) is 4.79 Å². The largest absolute Gasteiger partial charge is 0.478 e. The smallest absolute Gasteiger partial charge is 0.328 e. The fourth-order valence-corrected chi connectivity index (χ4v) is 2.14. The van der Waals surface area contributed by atoms with Crippen molar-refractivity contribution < 1.29 is 14.7 Å². The number of aliphatic carboxylic acids is 1. The Morgan fingerprint density at radius 3 is 2.52 bits per heavy atom. The van der Waals surface area contributed by atoms with Gasteiger partial charge in [-0.15, -0.1) is 0 Å². The Bertz CT molecular complexity index is 547. The number of carbonyl (C=O) groups is 2. The van der Waals surface area contributed by atoms with Crippen LogP contribution in [-0.4, -0.2) is 23.0 Å². The average Bonchev–Trinajstić information content (AvgIpc) is 2.43. The lowest BCUT2D eigenvalue weighted by atomic mass is 9.99. The minimum atomic E-state index is -1.01. The number of nitrogens with one attached hydrogen (secondary N) is 1. The summed E-state index contributed by atoms with van der Waals surface area (Å²) in [5, 5.41) is 11.7. The number of carboxylic acid groups (broad SMARTS) is 1. The van der Waals surface area contributed by atoms with Gasteiger partial charge in [0, 0.05) is 17.7 Å². The first-order valence-corrected chi connectivity index (χ1v) is 7.17. The van der Waals surface area contributed by atoms with Gasteiger partial charge < -0.3 is 10.4 Å². The molecule has 0 aliphatic heterocycles. The van der Waals surface area contributed by atoms with Gasteiger partial charge in [-0.05, 0) is 42.5 Å². The Balaban J connectivity index is 2.98. The molecule has 114 valence electrons. The number of amides is 1. The third-order valence-corrected chi connectivity index (χ3v) is 3.49. The standard InChI is InChI=1S/C17H23NO3/c1-5-15(11(2)3)18-17(21)14-10-13(7-6-12(14)4)8-9-16(19)20/h6-11,15H,5H2,1-4H3,(H,18,21)(H,19,20). The van der Waals surface area contributed by atoms with Crippen LogP contribution in [0.5, 0.6) is 0 Å². The summed E-state index contributed by atoms with van der Waals surface area (Å²) in [5.41, 5.74) is 2.16. The lowest BCUT2D eigenvalue weighted by Crippen LogP contribution is -2.38. The summed E-state index contributed by atoms with van der Waals surface area (Å²) in [6.45, 7) is 8.07. The summed E-state index contributed by atoms with van der Waals surface area (Å²) >= 11 is 0. The Morgan fingerprint density at radius 2 is 2.00 bits per heavy atom. The van der Waals surface area contributed by atoms with Crippen molar-refractivity contribution in [3.8, 4) is 0 Å². The molecule has 21 heavy (non-hydrogen) atoms. The molecular formula is C17H23NO3. The number of carbonyl (C=O) groups excluding carboxylic acids is 1. The SMILES string of the molecule is CCC(NC(=O)c1cc(C=CC(=O)O)ccc1C)C(C)C. The highest BCUT2D eigenvalue weighted by Crippen LogP contribution is 2.14. The van der Waals surface area contributed by atoms with Crippen molar-refractivity contribution >= 4 is 18.0 Å². The van der Waals surface area contributed by atoms with E-state index in [1.54, 1.807) is 12.1 Å². The maximum Gasteiger partial charge on any atom is 0.328 e. The van der Waals surface area contributed by atoms with Gasteiger partial charge in [0.05, 0.1) is 0 Å². The average molecular weight is 289 g/mol. The molecule has 2 N–H and O–H groups in total. The zero-order chi connectivity index (χ0) is 16.0. The predicted octanol–water partition coefficient (Wildman–Crippen LogP) is 3.26. The minimum Gasteiger partial charge on any atom is -0.478 e. The highest BCUT2D eigenvalue weighted by molar-refractivity contribution is 5.96. The van der Waals surface area contributed by atoms with Crippen molar-refractivity contribution in [2.75, 3.05) is 0 Å². The zero-order valence-corrected chi connectivity index (χ0v) is 13.0. The van der Waals surface area contributed by atoms with Crippen molar-refractivity contribution in [2.45, 2.75) is 40.2 Å². The van der Waals surface area contributed by atoms with E-state index in [0.717, 1.165) is 18.1 Å². The van der Waals surface area contributed by atoms with Gasteiger partial charge in [-0.3, -0.25) is 4.79 Å². The molecule has 0 aliphatic carbocycles. The molecule has 0 bridgehead atoms. The van der Waals surface area contributed by atoms with E-state index in [9.17, 15) is 9.59 Å². The Hall–Kier alpha value is -2.10. The van der Waals surface area contributed by atoms with Gasteiger partial charge in [0.25, 0.3) is 5.91 Å². The predicted molar refractivity (Wildman–Crippen MR) is 84.2 cm³/mol. The van der Waals surface area contributed by atoms with Crippen LogP contribution in [0.2, 0.25) is 0 Å². The van der Waals surface area contributed by atoms with E-state index in [1.807, 2.05) is 19.9 Å². The van der Waals surface area contributed by atoms with E-state index >= 15 is 0 Å². The molecule has 0 saturated heterocycles. The lowest BCUT2D eigenvalue weighted by Gasteiger charge is -2.21. The maximum absolute atomic E-state index is 12.4. The monoisotopic (exact) mass is 289 g/mol. The van der Waals surface area contributed by atoms with E-state index in [0.29, 0.717) is 17.0 Å². The molecule has 1 unspecified atom stereocenters. The maximum atomic E-state index is 12.4.